The van der Waals surface area contributed by atoms with Crippen LogP contribution < -0.4 is 4.74 Å². The Morgan fingerprint density at radius 2 is 1.81 bits per heavy atom. The summed E-state index contributed by atoms with van der Waals surface area (Å²) in [6, 6.07) is 16.2. The number of amides is 1. The summed E-state index contributed by atoms with van der Waals surface area (Å²) in [6.45, 7) is 5.30. The van der Waals surface area contributed by atoms with Crippen LogP contribution in [0.4, 0.5) is 0 Å². The molecule has 1 aliphatic heterocycles. The zero-order valence-electron chi connectivity index (χ0n) is 19.2. The van der Waals surface area contributed by atoms with Crippen LogP contribution in [0, 0.1) is 0 Å². The first-order valence-electron chi connectivity index (χ1n) is 11.3. The lowest BCUT2D eigenvalue weighted by Gasteiger charge is -2.41. The molecule has 1 fully saturated rings. The number of hydrogen-bond acceptors (Lipinski definition) is 4. The SMILES string of the molecule is CCCN1CCN(Cc2cnn(C)c2)C(Cc2ccccc2-c2ccccc2OC)C1=O. The topological polar surface area (TPSA) is 50.6 Å². The summed E-state index contributed by atoms with van der Waals surface area (Å²) in [6.07, 6.45) is 5.55. The molecule has 3 aromatic rings. The molecule has 0 radical (unpaired) electrons. The fourth-order valence-electron chi connectivity index (χ4n) is 4.60. The Morgan fingerprint density at radius 3 is 2.53 bits per heavy atom. The number of carbonyl (C=O) groups is 1. The molecular formula is C26H32N4O2. The first-order chi connectivity index (χ1) is 15.6. The lowest BCUT2D eigenvalue weighted by molar-refractivity contribution is -0.142. The lowest BCUT2D eigenvalue weighted by Crippen LogP contribution is -2.57. The normalized spacial score (nSPS) is 17.0. The number of piperazine rings is 1. The molecule has 0 aliphatic carbocycles. The minimum atomic E-state index is -0.202. The molecule has 32 heavy (non-hydrogen) atoms. The van der Waals surface area contributed by atoms with Gasteiger partial charge < -0.3 is 9.64 Å². The number of benzene rings is 2. The standard InChI is InChI=1S/C26H32N4O2/c1-4-13-29-14-15-30(19-20-17-27-28(2)18-20)24(26(29)31)16-21-9-5-6-10-22(21)23-11-7-8-12-25(23)32-3/h5-12,17-18,24H,4,13-16,19H2,1-3H3. The van der Waals surface area contributed by atoms with Gasteiger partial charge in [-0.1, -0.05) is 49.4 Å². The van der Waals surface area contributed by atoms with Gasteiger partial charge >= 0.3 is 0 Å². The molecule has 6 nitrogen and oxygen atoms in total. The van der Waals surface area contributed by atoms with Gasteiger partial charge in [-0.2, -0.15) is 5.10 Å². The summed E-state index contributed by atoms with van der Waals surface area (Å²) in [4.78, 5) is 17.9. The molecule has 2 aromatic carbocycles. The van der Waals surface area contributed by atoms with Crippen LogP contribution in [0.3, 0.4) is 0 Å². The molecule has 1 amide bonds. The summed E-state index contributed by atoms with van der Waals surface area (Å²) in [5, 5.41) is 4.31. The van der Waals surface area contributed by atoms with E-state index in [4.69, 9.17) is 4.74 Å². The third kappa shape index (κ3) is 4.70. The van der Waals surface area contributed by atoms with E-state index < -0.39 is 0 Å². The van der Waals surface area contributed by atoms with Crippen LogP contribution in [0.15, 0.2) is 60.9 Å². The first-order valence-corrected chi connectivity index (χ1v) is 11.3. The van der Waals surface area contributed by atoms with Crippen LogP contribution >= 0.6 is 0 Å². The van der Waals surface area contributed by atoms with E-state index in [9.17, 15) is 4.79 Å². The number of para-hydroxylation sites is 1. The Balaban J connectivity index is 1.66. The van der Waals surface area contributed by atoms with Crippen molar-refractivity contribution < 1.29 is 9.53 Å². The highest BCUT2D eigenvalue weighted by molar-refractivity contribution is 5.84. The van der Waals surface area contributed by atoms with Gasteiger partial charge in [-0.3, -0.25) is 14.4 Å². The van der Waals surface area contributed by atoms with Crippen LogP contribution in [0.25, 0.3) is 11.1 Å². The van der Waals surface area contributed by atoms with E-state index in [1.54, 1.807) is 7.11 Å². The molecule has 4 rings (SSSR count). The number of ether oxygens (including phenoxy) is 1. The maximum Gasteiger partial charge on any atom is 0.240 e. The monoisotopic (exact) mass is 432 g/mol. The molecule has 0 bridgehead atoms. The van der Waals surface area contributed by atoms with Crippen molar-refractivity contribution in [2.75, 3.05) is 26.7 Å². The van der Waals surface area contributed by atoms with Gasteiger partial charge in [0.1, 0.15) is 5.75 Å². The summed E-state index contributed by atoms with van der Waals surface area (Å²) in [5.74, 6) is 1.06. The van der Waals surface area contributed by atoms with Crippen LogP contribution in [-0.2, 0) is 24.8 Å². The third-order valence-corrected chi connectivity index (χ3v) is 6.16. The molecule has 1 atom stereocenters. The quantitative estimate of drug-likeness (QED) is 0.544. The minimum Gasteiger partial charge on any atom is -0.496 e. The number of nitrogens with zero attached hydrogens (tertiary/aromatic N) is 4. The molecular weight excluding hydrogens is 400 g/mol. The van der Waals surface area contributed by atoms with Crippen molar-refractivity contribution in [2.45, 2.75) is 32.4 Å². The van der Waals surface area contributed by atoms with Crippen molar-refractivity contribution in [3.05, 3.63) is 72.1 Å². The second-order valence-corrected chi connectivity index (χ2v) is 8.40. The summed E-state index contributed by atoms with van der Waals surface area (Å²) in [7, 11) is 3.62. The molecule has 0 saturated carbocycles. The minimum absolute atomic E-state index is 0.202. The average molecular weight is 433 g/mol. The molecule has 1 aliphatic rings. The smallest absolute Gasteiger partial charge is 0.240 e. The summed E-state index contributed by atoms with van der Waals surface area (Å²) in [5.41, 5.74) is 4.46. The lowest BCUT2D eigenvalue weighted by atomic mass is 9.92. The fraction of sp³-hybridized carbons (Fsp3) is 0.385. The van der Waals surface area contributed by atoms with E-state index in [-0.39, 0.29) is 11.9 Å². The van der Waals surface area contributed by atoms with Gasteiger partial charge in [0.05, 0.1) is 19.3 Å². The van der Waals surface area contributed by atoms with Crippen molar-refractivity contribution >= 4 is 5.91 Å². The number of aryl methyl sites for hydroxylation is 1. The molecule has 0 N–H and O–H groups in total. The van der Waals surface area contributed by atoms with Gasteiger partial charge in [-0.25, -0.2) is 0 Å². The van der Waals surface area contributed by atoms with E-state index in [0.29, 0.717) is 6.42 Å². The van der Waals surface area contributed by atoms with Crippen LogP contribution in [0.2, 0.25) is 0 Å². The van der Waals surface area contributed by atoms with Crippen molar-refractivity contribution in [1.82, 2.24) is 19.6 Å². The van der Waals surface area contributed by atoms with E-state index in [1.165, 1.54) is 0 Å². The Labute approximate surface area is 190 Å². The Kier molecular flexibility index (Phi) is 6.90. The number of rotatable bonds is 8. The van der Waals surface area contributed by atoms with Crippen molar-refractivity contribution in [2.24, 2.45) is 7.05 Å². The largest absolute Gasteiger partial charge is 0.496 e. The van der Waals surface area contributed by atoms with Crippen LogP contribution in [-0.4, -0.2) is 58.3 Å². The van der Waals surface area contributed by atoms with Crippen LogP contribution in [0.1, 0.15) is 24.5 Å². The molecule has 1 aromatic heterocycles. The van der Waals surface area contributed by atoms with Crippen LogP contribution in [0.5, 0.6) is 5.75 Å². The molecule has 1 unspecified atom stereocenters. The predicted molar refractivity (Wildman–Crippen MR) is 126 cm³/mol. The van der Waals surface area contributed by atoms with Gasteiger partial charge in [-0.15, -0.1) is 0 Å². The average Bonchev–Trinajstić information content (AvgIpc) is 3.23. The molecule has 1 saturated heterocycles. The second kappa shape index (κ2) is 10.0. The highest BCUT2D eigenvalue weighted by Crippen LogP contribution is 2.33. The van der Waals surface area contributed by atoms with Crippen molar-refractivity contribution in [1.29, 1.82) is 0 Å². The van der Waals surface area contributed by atoms with E-state index >= 15 is 0 Å². The van der Waals surface area contributed by atoms with Gasteiger partial charge in [0.2, 0.25) is 5.91 Å². The molecule has 6 heteroatoms. The van der Waals surface area contributed by atoms with E-state index in [0.717, 1.165) is 60.6 Å². The summed E-state index contributed by atoms with van der Waals surface area (Å²) < 4.78 is 7.44. The third-order valence-electron chi connectivity index (χ3n) is 6.16. The van der Waals surface area contributed by atoms with Gasteiger partial charge in [0.25, 0.3) is 0 Å². The number of carbonyl (C=O) groups excluding carboxylic acids is 1. The molecule has 2 heterocycles. The number of aromatic nitrogens is 2. The van der Waals surface area contributed by atoms with E-state index in [1.807, 2.05) is 53.3 Å². The second-order valence-electron chi connectivity index (χ2n) is 8.40. The number of hydrogen-bond donors (Lipinski definition) is 0. The highest BCUT2D eigenvalue weighted by atomic mass is 16.5. The van der Waals surface area contributed by atoms with Gasteiger partial charge in [-0.05, 0) is 30.0 Å². The Morgan fingerprint density at radius 1 is 1.06 bits per heavy atom. The molecule has 168 valence electrons. The van der Waals surface area contributed by atoms with E-state index in [2.05, 4.69) is 41.2 Å². The Bertz CT molecular complexity index is 1060. The van der Waals surface area contributed by atoms with Crippen molar-refractivity contribution in [3.8, 4) is 16.9 Å². The fourth-order valence-corrected chi connectivity index (χ4v) is 4.60. The summed E-state index contributed by atoms with van der Waals surface area (Å²) >= 11 is 0. The Hall–Kier alpha value is -3.12. The maximum absolute atomic E-state index is 13.5. The molecule has 0 spiro atoms. The predicted octanol–water partition coefficient (Wildman–Crippen LogP) is 3.76. The van der Waals surface area contributed by atoms with Crippen molar-refractivity contribution in [3.63, 3.8) is 0 Å². The van der Waals surface area contributed by atoms with Gasteiger partial charge in [0, 0.05) is 50.6 Å². The van der Waals surface area contributed by atoms with Gasteiger partial charge in [0.15, 0.2) is 0 Å². The number of methoxy groups -OCH3 is 1. The maximum atomic E-state index is 13.5. The zero-order chi connectivity index (χ0) is 22.5. The zero-order valence-corrected chi connectivity index (χ0v) is 19.2. The first kappa shape index (κ1) is 22.1. The highest BCUT2D eigenvalue weighted by Gasteiger charge is 2.35.